The van der Waals surface area contributed by atoms with Gasteiger partial charge in [-0.25, -0.2) is 0 Å². The predicted molar refractivity (Wildman–Crippen MR) is 119 cm³/mol. The lowest BCUT2D eigenvalue weighted by molar-refractivity contribution is -0.303. The topological polar surface area (TPSA) is 60.0 Å². The zero-order valence-electron chi connectivity index (χ0n) is 19.8. The van der Waals surface area contributed by atoms with Crippen LogP contribution in [0.25, 0.3) is 0 Å². The molecule has 2 heterocycles. The highest BCUT2D eigenvalue weighted by Gasteiger charge is 2.81. The van der Waals surface area contributed by atoms with Crippen LogP contribution in [0.2, 0.25) is 0 Å². The van der Waals surface area contributed by atoms with Crippen molar-refractivity contribution in [3.63, 3.8) is 0 Å². The minimum Gasteiger partial charge on any atom is -0.493 e. The van der Waals surface area contributed by atoms with Crippen LogP contribution in [0.1, 0.15) is 64.5 Å². The summed E-state index contributed by atoms with van der Waals surface area (Å²) < 4.78 is 19.3. The molecule has 1 saturated heterocycles. The number of fused-ring (bicyclic) bond motifs is 2. The Morgan fingerprint density at radius 2 is 1.90 bits per heavy atom. The number of rotatable bonds is 3. The summed E-state index contributed by atoms with van der Waals surface area (Å²) in [6.07, 6.45) is 4.99. The normalized spacial score (nSPS) is 43.8. The molecule has 0 radical (unpaired) electrons. The van der Waals surface area contributed by atoms with Crippen molar-refractivity contribution in [3.05, 3.63) is 23.3 Å². The number of ether oxygens (including phenoxy) is 3. The van der Waals surface area contributed by atoms with E-state index in [2.05, 4.69) is 38.2 Å². The van der Waals surface area contributed by atoms with Gasteiger partial charge in [-0.15, -0.1) is 0 Å². The lowest BCUT2D eigenvalue weighted by Gasteiger charge is -2.74. The van der Waals surface area contributed by atoms with E-state index in [4.69, 9.17) is 14.2 Å². The summed E-state index contributed by atoms with van der Waals surface area (Å²) in [6.45, 7) is 9.48. The molecule has 2 unspecified atom stereocenters. The molecule has 2 aliphatic heterocycles. The summed E-state index contributed by atoms with van der Waals surface area (Å²) in [4.78, 5) is 0. The highest BCUT2D eigenvalue weighted by atomic mass is 16.6. The van der Waals surface area contributed by atoms with E-state index in [1.807, 2.05) is 14.0 Å². The van der Waals surface area contributed by atoms with Crippen molar-refractivity contribution in [1.29, 1.82) is 0 Å². The largest absolute Gasteiger partial charge is 0.493 e. The van der Waals surface area contributed by atoms with Crippen molar-refractivity contribution in [2.75, 3.05) is 20.8 Å². The first kappa shape index (κ1) is 20.3. The summed E-state index contributed by atoms with van der Waals surface area (Å²) in [7, 11) is 3.57. The fraction of sp³-hybridized carbons (Fsp3) is 0.769. The Labute approximate surface area is 185 Å². The van der Waals surface area contributed by atoms with Crippen molar-refractivity contribution in [3.8, 4) is 11.5 Å². The Hall–Kier alpha value is -1.30. The van der Waals surface area contributed by atoms with Crippen LogP contribution in [0.4, 0.5) is 0 Å². The van der Waals surface area contributed by atoms with Gasteiger partial charge in [-0.05, 0) is 62.6 Å². The van der Waals surface area contributed by atoms with Gasteiger partial charge in [0.05, 0.1) is 12.7 Å². The molecule has 5 nitrogen and oxygen atoms in total. The van der Waals surface area contributed by atoms with Gasteiger partial charge in [0.2, 0.25) is 0 Å². The van der Waals surface area contributed by atoms with Crippen molar-refractivity contribution >= 4 is 0 Å². The van der Waals surface area contributed by atoms with E-state index in [-0.39, 0.29) is 28.3 Å². The second-order valence-electron chi connectivity index (χ2n) is 12.0. The van der Waals surface area contributed by atoms with Gasteiger partial charge in [0.25, 0.3) is 0 Å². The molecule has 7 rings (SSSR count). The van der Waals surface area contributed by atoms with Crippen LogP contribution in [-0.4, -0.2) is 49.2 Å². The standard InChI is InChI=1S/C26H37NO4/c1-22(2,3)23(4,28)17-14-24-9-10-26(17,30-6)21-25(24)11-12-27-18(24)13-15-7-8-16(29-5)20(31-21)19(15)25/h7-8,17-18,21,27-28H,9-14H2,1-6H3/t17-,18-,21-,23?,24-,25+,26?/m1/s1. The first-order chi connectivity index (χ1) is 14.6. The molecule has 1 aromatic carbocycles. The Morgan fingerprint density at radius 3 is 2.58 bits per heavy atom. The Morgan fingerprint density at radius 1 is 1.13 bits per heavy atom. The van der Waals surface area contributed by atoms with E-state index in [9.17, 15) is 5.11 Å². The van der Waals surface area contributed by atoms with E-state index < -0.39 is 11.2 Å². The molecule has 0 amide bonds. The average molecular weight is 428 g/mol. The molecule has 6 aliphatic rings. The van der Waals surface area contributed by atoms with E-state index >= 15 is 0 Å². The quantitative estimate of drug-likeness (QED) is 0.772. The predicted octanol–water partition coefficient (Wildman–Crippen LogP) is 3.59. The first-order valence-corrected chi connectivity index (χ1v) is 12.0. The van der Waals surface area contributed by atoms with Crippen LogP contribution in [0.15, 0.2) is 12.1 Å². The van der Waals surface area contributed by atoms with E-state index in [1.165, 1.54) is 11.1 Å². The van der Waals surface area contributed by atoms with Crippen LogP contribution in [0, 0.1) is 16.7 Å². The number of methoxy groups -OCH3 is 2. The van der Waals surface area contributed by atoms with Gasteiger partial charge >= 0.3 is 0 Å². The average Bonchev–Trinajstić information content (AvgIpc) is 3.09. The molecule has 3 saturated carbocycles. The van der Waals surface area contributed by atoms with Crippen LogP contribution in [-0.2, 0) is 16.6 Å². The van der Waals surface area contributed by atoms with Crippen molar-refractivity contribution in [2.45, 2.75) is 88.6 Å². The minimum absolute atomic E-state index is 0.00105. The number of nitrogens with one attached hydrogen (secondary N) is 1. The van der Waals surface area contributed by atoms with Crippen LogP contribution in [0.3, 0.4) is 0 Å². The number of benzene rings is 1. The van der Waals surface area contributed by atoms with Crippen LogP contribution in [0.5, 0.6) is 11.5 Å². The van der Waals surface area contributed by atoms with Gasteiger partial charge in [0.1, 0.15) is 11.7 Å². The van der Waals surface area contributed by atoms with Gasteiger partial charge in [0, 0.05) is 35.5 Å². The van der Waals surface area contributed by atoms with Crippen molar-refractivity contribution in [1.82, 2.24) is 5.32 Å². The zero-order valence-corrected chi connectivity index (χ0v) is 19.8. The molecule has 5 heteroatoms. The van der Waals surface area contributed by atoms with Crippen molar-refractivity contribution < 1.29 is 19.3 Å². The van der Waals surface area contributed by atoms with Crippen LogP contribution < -0.4 is 14.8 Å². The molecule has 2 spiro atoms. The number of hydrogen-bond donors (Lipinski definition) is 2. The summed E-state index contributed by atoms with van der Waals surface area (Å²) in [5.41, 5.74) is 1.13. The summed E-state index contributed by atoms with van der Waals surface area (Å²) in [6, 6.07) is 4.73. The maximum atomic E-state index is 12.0. The third-order valence-corrected chi connectivity index (χ3v) is 10.6. The summed E-state index contributed by atoms with van der Waals surface area (Å²) in [5.74, 6) is 1.77. The Bertz CT molecular complexity index is 951. The molecule has 4 bridgehead atoms. The van der Waals surface area contributed by atoms with Gasteiger partial charge in [-0.1, -0.05) is 26.8 Å². The summed E-state index contributed by atoms with van der Waals surface area (Å²) in [5, 5.41) is 15.9. The van der Waals surface area contributed by atoms with E-state index in [0.29, 0.717) is 6.04 Å². The highest BCUT2D eigenvalue weighted by Crippen LogP contribution is 2.77. The second kappa shape index (κ2) is 5.78. The van der Waals surface area contributed by atoms with Crippen LogP contribution >= 0.6 is 0 Å². The summed E-state index contributed by atoms with van der Waals surface area (Å²) >= 11 is 0. The maximum Gasteiger partial charge on any atom is 0.165 e. The molecule has 7 atom stereocenters. The highest BCUT2D eigenvalue weighted by molar-refractivity contribution is 5.63. The molecule has 31 heavy (non-hydrogen) atoms. The smallest absolute Gasteiger partial charge is 0.165 e. The Balaban J connectivity index is 1.64. The molecule has 2 N–H and O–H groups in total. The number of hydrogen-bond acceptors (Lipinski definition) is 5. The second-order valence-corrected chi connectivity index (χ2v) is 12.0. The lowest BCUT2D eigenvalue weighted by atomic mass is 9.33. The fourth-order valence-corrected chi connectivity index (χ4v) is 8.68. The molecule has 1 aromatic rings. The van der Waals surface area contributed by atoms with E-state index in [1.54, 1.807) is 7.11 Å². The molecule has 4 aliphatic carbocycles. The van der Waals surface area contributed by atoms with Gasteiger partial charge in [0.15, 0.2) is 11.5 Å². The SMILES string of the molecule is COc1ccc2c3c1O[C@H]1C4(OC)CC[C@@]5(C[C@@H]4C(C)(O)C(C)(C)C)[C@@H](C2)NCC[C@]315. The zero-order chi connectivity index (χ0) is 22.0. The molecule has 4 fully saturated rings. The molecule has 0 aromatic heterocycles. The monoisotopic (exact) mass is 427 g/mol. The molecule has 170 valence electrons. The molecular weight excluding hydrogens is 390 g/mol. The third kappa shape index (κ3) is 1.98. The molecular formula is C26H37NO4. The third-order valence-electron chi connectivity index (χ3n) is 10.6. The minimum atomic E-state index is -0.880. The van der Waals surface area contributed by atoms with Gasteiger partial charge in [-0.3, -0.25) is 0 Å². The van der Waals surface area contributed by atoms with Gasteiger partial charge < -0.3 is 24.6 Å². The number of piperidine rings is 1. The Kier molecular flexibility index (Phi) is 3.79. The first-order valence-electron chi connectivity index (χ1n) is 12.0. The van der Waals surface area contributed by atoms with E-state index in [0.717, 1.165) is 50.1 Å². The number of aliphatic hydroxyl groups is 1. The van der Waals surface area contributed by atoms with Crippen molar-refractivity contribution in [2.24, 2.45) is 16.7 Å². The lowest BCUT2D eigenvalue weighted by Crippen LogP contribution is -2.83. The maximum absolute atomic E-state index is 12.0. The van der Waals surface area contributed by atoms with Gasteiger partial charge in [-0.2, -0.15) is 0 Å². The fourth-order valence-electron chi connectivity index (χ4n) is 8.68.